The maximum absolute atomic E-state index is 2.29. The van der Waals surface area contributed by atoms with E-state index in [2.05, 4.69) is 148 Å². The fraction of sp³-hybridized carbons (Fsp3) is 0.176. The Hall–Kier alpha value is -3.84. The molecule has 3 aromatic carbocycles. The molecular weight excluding hydrogens is 422 g/mol. The number of anilines is 2. The van der Waals surface area contributed by atoms with E-state index in [1.165, 1.54) is 39.0 Å². The summed E-state index contributed by atoms with van der Waals surface area (Å²) >= 11 is 0. The van der Waals surface area contributed by atoms with Gasteiger partial charge in [-0.2, -0.15) is 0 Å². The van der Waals surface area contributed by atoms with Crippen molar-refractivity contribution in [3.63, 3.8) is 0 Å². The molecule has 3 aromatic rings. The van der Waals surface area contributed by atoms with Crippen LogP contribution in [0.4, 0.5) is 11.4 Å². The number of rotatable bonds is 7. The fourth-order valence-corrected chi connectivity index (χ4v) is 4.33. The van der Waals surface area contributed by atoms with Crippen LogP contribution in [0.3, 0.4) is 0 Å². The average Bonchev–Trinajstić information content (AvgIpc) is 2.89. The number of hydrogen-bond donors (Lipinski definition) is 0. The lowest BCUT2D eigenvalue weighted by molar-refractivity contribution is 0.971. The van der Waals surface area contributed by atoms with Crippen LogP contribution in [0.1, 0.15) is 57.2 Å². The van der Waals surface area contributed by atoms with Gasteiger partial charge < -0.3 is 4.90 Å². The Morgan fingerprint density at radius 2 is 1.26 bits per heavy atom. The third-order valence-electron chi connectivity index (χ3n) is 6.25. The molecule has 0 spiro atoms. The third-order valence-corrected chi connectivity index (χ3v) is 6.25. The largest absolute Gasteiger partial charge is 0.317 e. The molecule has 0 amide bonds. The Kier molecular flexibility index (Phi) is 8.00. The lowest BCUT2D eigenvalue weighted by atomic mass is 9.97. The van der Waals surface area contributed by atoms with E-state index >= 15 is 0 Å². The van der Waals surface area contributed by atoms with E-state index in [1.54, 1.807) is 0 Å². The standard InChI is InChI=1S/C34H35N/c1-26(2)25-35(33-19-15-29(16-20-33)23-27(3)31-11-7-5-8-12-31)34-21-17-30(18-22-34)24-28(4)32-13-9-6-10-14-32/h5-9,11-13,15-25H,10,14H2,1-4H3/b27-23-,28-24-. The molecule has 0 N–H and O–H groups in total. The topological polar surface area (TPSA) is 3.24 Å². The predicted molar refractivity (Wildman–Crippen MR) is 155 cm³/mol. The Morgan fingerprint density at radius 1 is 0.686 bits per heavy atom. The zero-order valence-electron chi connectivity index (χ0n) is 21.3. The van der Waals surface area contributed by atoms with E-state index < -0.39 is 0 Å². The minimum atomic E-state index is 1.13. The second-order valence-corrected chi connectivity index (χ2v) is 9.44. The number of allylic oxidation sites excluding steroid dienone is 7. The average molecular weight is 458 g/mol. The van der Waals surface area contributed by atoms with Crippen molar-refractivity contribution in [1.82, 2.24) is 0 Å². The summed E-state index contributed by atoms with van der Waals surface area (Å²) < 4.78 is 0. The van der Waals surface area contributed by atoms with Gasteiger partial charge in [-0.3, -0.25) is 0 Å². The second-order valence-electron chi connectivity index (χ2n) is 9.44. The van der Waals surface area contributed by atoms with Crippen molar-refractivity contribution in [1.29, 1.82) is 0 Å². The molecule has 1 aliphatic rings. The Balaban J connectivity index is 1.56. The van der Waals surface area contributed by atoms with Gasteiger partial charge in [0.25, 0.3) is 0 Å². The predicted octanol–water partition coefficient (Wildman–Crippen LogP) is 9.99. The molecule has 0 saturated heterocycles. The first-order chi connectivity index (χ1) is 17.0. The molecule has 0 unspecified atom stereocenters. The molecule has 0 atom stereocenters. The summed E-state index contributed by atoms with van der Waals surface area (Å²) in [6, 6.07) is 28.2. The molecular formula is C34H35N. The van der Waals surface area contributed by atoms with Gasteiger partial charge in [0.2, 0.25) is 0 Å². The molecule has 35 heavy (non-hydrogen) atoms. The van der Waals surface area contributed by atoms with Crippen LogP contribution in [-0.4, -0.2) is 0 Å². The van der Waals surface area contributed by atoms with Gasteiger partial charge >= 0.3 is 0 Å². The van der Waals surface area contributed by atoms with E-state index in [4.69, 9.17) is 0 Å². The molecule has 176 valence electrons. The molecule has 1 heteroatoms. The number of hydrogen-bond acceptors (Lipinski definition) is 1. The van der Waals surface area contributed by atoms with Crippen LogP contribution >= 0.6 is 0 Å². The van der Waals surface area contributed by atoms with E-state index in [0.29, 0.717) is 0 Å². The zero-order valence-corrected chi connectivity index (χ0v) is 21.3. The van der Waals surface area contributed by atoms with Crippen molar-refractivity contribution in [2.75, 3.05) is 4.90 Å². The molecule has 1 nitrogen and oxygen atoms in total. The lowest BCUT2D eigenvalue weighted by Gasteiger charge is -2.22. The van der Waals surface area contributed by atoms with Crippen molar-refractivity contribution < 1.29 is 0 Å². The van der Waals surface area contributed by atoms with Gasteiger partial charge in [0.15, 0.2) is 0 Å². The molecule has 1 aliphatic carbocycles. The van der Waals surface area contributed by atoms with Crippen LogP contribution < -0.4 is 4.90 Å². The van der Waals surface area contributed by atoms with Gasteiger partial charge in [-0.05, 0) is 98.2 Å². The highest BCUT2D eigenvalue weighted by Gasteiger charge is 2.08. The van der Waals surface area contributed by atoms with E-state index in [0.717, 1.165) is 24.2 Å². The second kappa shape index (κ2) is 11.5. The molecule has 0 bridgehead atoms. The maximum atomic E-state index is 2.29. The third kappa shape index (κ3) is 6.61. The molecule has 0 aromatic heterocycles. The summed E-state index contributed by atoms with van der Waals surface area (Å²) in [4.78, 5) is 2.27. The highest BCUT2D eigenvalue weighted by atomic mass is 15.1. The monoisotopic (exact) mass is 457 g/mol. The Bertz CT molecular complexity index is 1280. The first kappa shape index (κ1) is 24.3. The van der Waals surface area contributed by atoms with Crippen molar-refractivity contribution in [3.05, 3.63) is 137 Å². The summed E-state index contributed by atoms with van der Waals surface area (Å²) in [5.74, 6) is 0. The quantitative estimate of drug-likeness (QED) is 0.319. The SMILES string of the molecule is CC(C)=CN(c1ccc(/C=C(/C)C2=CC=CCC2)cc1)c1ccc(/C=C(/C)c2ccccc2)cc1. The Labute approximate surface area is 211 Å². The summed E-state index contributed by atoms with van der Waals surface area (Å²) in [6.45, 7) is 8.65. The zero-order chi connectivity index (χ0) is 24.6. The summed E-state index contributed by atoms with van der Waals surface area (Å²) in [6.07, 6.45) is 15.6. The Morgan fingerprint density at radius 3 is 1.77 bits per heavy atom. The van der Waals surface area contributed by atoms with Crippen LogP contribution in [0.2, 0.25) is 0 Å². The molecule has 0 aliphatic heterocycles. The highest BCUT2D eigenvalue weighted by Crippen LogP contribution is 2.29. The molecule has 0 radical (unpaired) electrons. The van der Waals surface area contributed by atoms with Crippen molar-refractivity contribution >= 4 is 29.1 Å². The lowest BCUT2D eigenvalue weighted by Crippen LogP contribution is -2.09. The minimum Gasteiger partial charge on any atom is -0.317 e. The van der Waals surface area contributed by atoms with Gasteiger partial charge in [0, 0.05) is 17.6 Å². The van der Waals surface area contributed by atoms with Gasteiger partial charge in [0.05, 0.1) is 0 Å². The number of nitrogens with zero attached hydrogens (tertiary/aromatic N) is 1. The van der Waals surface area contributed by atoms with Gasteiger partial charge in [-0.25, -0.2) is 0 Å². The first-order valence-corrected chi connectivity index (χ1v) is 12.4. The summed E-state index contributed by atoms with van der Waals surface area (Å²) in [7, 11) is 0. The normalized spacial score (nSPS) is 13.9. The van der Waals surface area contributed by atoms with Crippen LogP contribution in [0, 0.1) is 0 Å². The van der Waals surface area contributed by atoms with Crippen LogP contribution in [0.25, 0.3) is 17.7 Å². The van der Waals surface area contributed by atoms with Crippen molar-refractivity contribution in [2.24, 2.45) is 0 Å². The molecule has 0 heterocycles. The summed E-state index contributed by atoms with van der Waals surface area (Å²) in [5.41, 5.74) is 11.3. The van der Waals surface area contributed by atoms with Gasteiger partial charge in [-0.1, -0.05) is 90.6 Å². The van der Waals surface area contributed by atoms with Crippen LogP contribution in [-0.2, 0) is 0 Å². The molecule has 0 fully saturated rings. The van der Waals surface area contributed by atoms with Crippen LogP contribution in [0.15, 0.2) is 120 Å². The number of benzene rings is 3. The maximum Gasteiger partial charge on any atom is 0.0455 e. The first-order valence-electron chi connectivity index (χ1n) is 12.4. The van der Waals surface area contributed by atoms with Crippen LogP contribution in [0.5, 0.6) is 0 Å². The smallest absolute Gasteiger partial charge is 0.0455 e. The van der Waals surface area contributed by atoms with Gasteiger partial charge in [-0.15, -0.1) is 0 Å². The molecule has 0 saturated carbocycles. The highest BCUT2D eigenvalue weighted by molar-refractivity contribution is 5.81. The molecule has 4 rings (SSSR count). The van der Waals surface area contributed by atoms with Crippen molar-refractivity contribution in [3.8, 4) is 0 Å². The van der Waals surface area contributed by atoms with E-state index in [9.17, 15) is 0 Å². The fourth-order valence-electron chi connectivity index (χ4n) is 4.33. The summed E-state index contributed by atoms with van der Waals surface area (Å²) in [5, 5.41) is 0. The van der Waals surface area contributed by atoms with E-state index in [-0.39, 0.29) is 0 Å². The van der Waals surface area contributed by atoms with E-state index in [1.807, 2.05) is 0 Å². The van der Waals surface area contributed by atoms with Crippen molar-refractivity contribution in [2.45, 2.75) is 40.5 Å². The van der Waals surface area contributed by atoms with Gasteiger partial charge in [0.1, 0.15) is 0 Å². The minimum absolute atomic E-state index is 1.13.